The lowest BCUT2D eigenvalue weighted by molar-refractivity contribution is 0.0949. The number of carbonyl (C=O) groups excluding carboxylic acids is 1. The quantitative estimate of drug-likeness (QED) is 0.641. The summed E-state index contributed by atoms with van der Waals surface area (Å²) in [7, 11) is 0. The number of nitrogens with one attached hydrogen (secondary N) is 1. The molecule has 1 aromatic carbocycles. The van der Waals surface area contributed by atoms with E-state index in [2.05, 4.69) is 27.9 Å². The molecule has 0 aliphatic carbocycles. The van der Waals surface area contributed by atoms with Gasteiger partial charge in [-0.05, 0) is 66.6 Å². The Morgan fingerprint density at radius 2 is 2.06 bits per heavy atom. The van der Waals surface area contributed by atoms with Gasteiger partial charge in [0.1, 0.15) is 0 Å². The molecule has 1 unspecified atom stereocenters. The van der Waals surface area contributed by atoms with Gasteiger partial charge >= 0.3 is 0 Å². The maximum Gasteiger partial charge on any atom is 0.251 e. The van der Waals surface area contributed by atoms with Gasteiger partial charge in [0.05, 0.1) is 6.10 Å². The summed E-state index contributed by atoms with van der Waals surface area (Å²) in [6.45, 7) is 2.36. The lowest BCUT2D eigenvalue weighted by Crippen LogP contribution is -2.24. The van der Waals surface area contributed by atoms with E-state index < -0.39 is 0 Å². The molecule has 16 heavy (non-hydrogen) atoms. The van der Waals surface area contributed by atoms with Crippen LogP contribution in [0.25, 0.3) is 0 Å². The van der Waals surface area contributed by atoms with Crippen LogP contribution < -0.4 is 5.32 Å². The van der Waals surface area contributed by atoms with E-state index in [0.717, 1.165) is 9.99 Å². The molecule has 4 heteroatoms. The van der Waals surface area contributed by atoms with Crippen LogP contribution in [0, 0.1) is 3.57 Å². The Morgan fingerprint density at radius 1 is 1.44 bits per heavy atom. The molecule has 0 saturated heterocycles. The van der Waals surface area contributed by atoms with Crippen LogP contribution in [0.3, 0.4) is 0 Å². The SMILES string of the molecule is CC(O)CCCNC(=O)c1ccc(I)cc1. The highest BCUT2D eigenvalue weighted by Crippen LogP contribution is 2.06. The van der Waals surface area contributed by atoms with Crippen molar-refractivity contribution < 1.29 is 9.90 Å². The molecule has 1 rings (SSSR count). The zero-order chi connectivity index (χ0) is 12.0. The van der Waals surface area contributed by atoms with E-state index in [1.54, 1.807) is 6.92 Å². The molecule has 0 radical (unpaired) electrons. The van der Waals surface area contributed by atoms with Crippen molar-refractivity contribution in [1.29, 1.82) is 0 Å². The van der Waals surface area contributed by atoms with Crippen LogP contribution in [0.2, 0.25) is 0 Å². The topological polar surface area (TPSA) is 49.3 Å². The number of benzene rings is 1. The van der Waals surface area contributed by atoms with Gasteiger partial charge in [0.25, 0.3) is 5.91 Å². The van der Waals surface area contributed by atoms with Crippen molar-refractivity contribution in [2.24, 2.45) is 0 Å². The lowest BCUT2D eigenvalue weighted by atomic mass is 10.2. The van der Waals surface area contributed by atoms with Crippen molar-refractivity contribution >= 4 is 28.5 Å². The molecule has 3 nitrogen and oxygen atoms in total. The summed E-state index contributed by atoms with van der Waals surface area (Å²) in [4.78, 5) is 11.6. The van der Waals surface area contributed by atoms with Gasteiger partial charge in [0, 0.05) is 15.7 Å². The van der Waals surface area contributed by atoms with Gasteiger partial charge in [-0.3, -0.25) is 4.79 Å². The largest absolute Gasteiger partial charge is 0.393 e. The maximum absolute atomic E-state index is 11.6. The third kappa shape index (κ3) is 4.94. The standard InChI is InChI=1S/C12H16INO2/c1-9(15)3-2-8-14-12(16)10-4-6-11(13)7-5-10/h4-7,9,15H,2-3,8H2,1H3,(H,14,16). The molecular weight excluding hydrogens is 317 g/mol. The Bertz CT molecular complexity index is 335. The average molecular weight is 333 g/mol. The van der Waals surface area contributed by atoms with Crippen LogP contribution in [0.15, 0.2) is 24.3 Å². The minimum Gasteiger partial charge on any atom is -0.393 e. The molecule has 0 heterocycles. The summed E-state index contributed by atoms with van der Waals surface area (Å²) in [6.07, 6.45) is 1.22. The van der Waals surface area contributed by atoms with Crippen LogP contribution in [-0.4, -0.2) is 23.7 Å². The fourth-order valence-corrected chi connectivity index (χ4v) is 1.66. The van der Waals surface area contributed by atoms with Gasteiger partial charge < -0.3 is 10.4 Å². The van der Waals surface area contributed by atoms with Gasteiger partial charge in [-0.1, -0.05) is 0 Å². The van der Waals surface area contributed by atoms with Crippen molar-refractivity contribution in [3.8, 4) is 0 Å². The van der Waals surface area contributed by atoms with E-state index in [1.807, 2.05) is 24.3 Å². The zero-order valence-electron chi connectivity index (χ0n) is 9.24. The molecule has 0 fully saturated rings. The number of aliphatic hydroxyl groups is 1. The molecule has 1 aromatic rings. The molecule has 0 bridgehead atoms. The van der Waals surface area contributed by atoms with E-state index >= 15 is 0 Å². The van der Waals surface area contributed by atoms with Gasteiger partial charge in [-0.15, -0.1) is 0 Å². The minimum atomic E-state index is -0.296. The summed E-state index contributed by atoms with van der Waals surface area (Å²) in [5.74, 6) is -0.0537. The van der Waals surface area contributed by atoms with Gasteiger partial charge in [-0.25, -0.2) is 0 Å². The molecule has 0 aromatic heterocycles. The van der Waals surface area contributed by atoms with Gasteiger partial charge in [0.15, 0.2) is 0 Å². The molecule has 2 N–H and O–H groups in total. The summed E-state index contributed by atoms with van der Waals surface area (Å²) in [5, 5.41) is 11.9. The molecule has 0 aliphatic rings. The molecule has 0 spiro atoms. The van der Waals surface area contributed by atoms with Crippen molar-refractivity contribution in [3.05, 3.63) is 33.4 Å². The van der Waals surface area contributed by atoms with Crippen molar-refractivity contribution in [3.63, 3.8) is 0 Å². The smallest absolute Gasteiger partial charge is 0.251 e. The third-order valence-corrected chi connectivity index (χ3v) is 2.91. The lowest BCUT2D eigenvalue weighted by Gasteiger charge is -2.06. The van der Waals surface area contributed by atoms with E-state index in [-0.39, 0.29) is 12.0 Å². The highest BCUT2D eigenvalue weighted by atomic mass is 127. The Balaban J connectivity index is 2.32. The fraction of sp³-hybridized carbons (Fsp3) is 0.417. The van der Waals surface area contributed by atoms with Gasteiger partial charge in [-0.2, -0.15) is 0 Å². The highest BCUT2D eigenvalue weighted by Gasteiger charge is 2.04. The molecule has 0 aliphatic heterocycles. The van der Waals surface area contributed by atoms with Crippen LogP contribution in [0.1, 0.15) is 30.1 Å². The second kappa shape index (κ2) is 6.85. The molecule has 1 amide bonds. The van der Waals surface area contributed by atoms with E-state index in [0.29, 0.717) is 18.5 Å². The van der Waals surface area contributed by atoms with Crippen LogP contribution in [0.5, 0.6) is 0 Å². The van der Waals surface area contributed by atoms with E-state index in [1.165, 1.54) is 0 Å². The molecule has 88 valence electrons. The zero-order valence-corrected chi connectivity index (χ0v) is 11.4. The monoisotopic (exact) mass is 333 g/mol. The predicted molar refractivity (Wildman–Crippen MR) is 72.4 cm³/mol. The number of rotatable bonds is 5. The summed E-state index contributed by atoms with van der Waals surface area (Å²) in [5.41, 5.74) is 0.678. The molecular formula is C12H16INO2. The highest BCUT2D eigenvalue weighted by molar-refractivity contribution is 14.1. The fourth-order valence-electron chi connectivity index (χ4n) is 1.30. The second-order valence-corrected chi connectivity index (χ2v) is 5.00. The molecule has 1 atom stereocenters. The Hall–Kier alpha value is -0.620. The van der Waals surface area contributed by atoms with E-state index in [4.69, 9.17) is 5.11 Å². The number of amides is 1. The third-order valence-electron chi connectivity index (χ3n) is 2.19. The minimum absolute atomic E-state index is 0.0537. The van der Waals surface area contributed by atoms with Crippen molar-refractivity contribution in [1.82, 2.24) is 5.32 Å². The predicted octanol–water partition coefficient (Wildman–Crippen LogP) is 2.18. The van der Waals surface area contributed by atoms with Crippen molar-refractivity contribution in [2.45, 2.75) is 25.9 Å². The second-order valence-electron chi connectivity index (χ2n) is 3.75. The average Bonchev–Trinajstić information content (AvgIpc) is 2.25. The van der Waals surface area contributed by atoms with Crippen molar-refractivity contribution in [2.75, 3.05) is 6.54 Å². The Labute approximate surface area is 109 Å². The normalized spacial score (nSPS) is 12.2. The number of hydrogen-bond donors (Lipinski definition) is 2. The van der Waals surface area contributed by atoms with Crippen LogP contribution in [0.4, 0.5) is 0 Å². The molecule has 0 saturated carbocycles. The number of halogens is 1. The first-order valence-corrected chi connectivity index (χ1v) is 6.39. The Morgan fingerprint density at radius 3 is 2.62 bits per heavy atom. The first kappa shape index (κ1) is 13.4. The van der Waals surface area contributed by atoms with E-state index in [9.17, 15) is 4.79 Å². The summed E-state index contributed by atoms with van der Waals surface area (Å²) < 4.78 is 1.11. The maximum atomic E-state index is 11.6. The summed E-state index contributed by atoms with van der Waals surface area (Å²) >= 11 is 2.20. The first-order chi connectivity index (χ1) is 7.59. The number of hydrogen-bond acceptors (Lipinski definition) is 2. The Kier molecular flexibility index (Phi) is 5.76. The number of carbonyl (C=O) groups is 1. The first-order valence-electron chi connectivity index (χ1n) is 5.31. The van der Waals surface area contributed by atoms with Crippen LogP contribution in [-0.2, 0) is 0 Å². The van der Waals surface area contributed by atoms with Crippen LogP contribution >= 0.6 is 22.6 Å². The number of aliphatic hydroxyl groups excluding tert-OH is 1. The summed E-state index contributed by atoms with van der Waals surface area (Å²) in [6, 6.07) is 7.44. The van der Waals surface area contributed by atoms with Gasteiger partial charge in [0.2, 0.25) is 0 Å².